The highest BCUT2D eigenvalue weighted by atomic mass is 16.5. The lowest BCUT2D eigenvalue weighted by Gasteiger charge is -2.38. The highest BCUT2D eigenvalue weighted by molar-refractivity contribution is 5.79. The molecule has 35 heavy (non-hydrogen) atoms. The molecule has 0 unspecified atom stereocenters. The Morgan fingerprint density at radius 2 is 1.63 bits per heavy atom. The molecule has 0 radical (unpaired) electrons. The number of imidazole rings is 1. The van der Waals surface area contributed by atoms with E-state index in [9.17, 15) is 4.79 Å². The van der Waals surface area contributed by atoms with E-state index in [1.807, 2.05) is 18.2 Å². The van der Waals surface area contributed by atoms with Crippen molar-refractivity contribution in [3.05, 3.63) is 59.9 Å². The van der Waals surface area contributed by atoms with Crippen LogP contribution in [0.2, 0.25) is 0 Å². The molecule has 0 bridgehead atoms. The zero-order chi connectivity index (χ0) is 24.2. The van der Waals surface area contributed by atoms with Crippen LogP contribution in [0.25, 0.3) is 11.0 Å². The van der Waals surface area contributed by atoms with E-state index in [4.69, 9.17) is 9.72 Å². The third kappa shape index (κ3) is 5.36. The number of nitrogens with zero attached hydrogens (tertiary/aromatic N) is 5. The highest BCUT2D eigenvalue weighted by Crippen LogP contribution is 2.24. The van der Waals surface area contributed by atoms with E-state index < -0.39 is 0 Å². The number of piperazine rings is 1. The molecule has 7 nitrogen and oxygen atoms in total. The minimum atomic E-state index is 0.164. The average molecular weight is 476 g/mol. The molecular formula is C28H37N5O2. The Morgan fingerprint density at radius 1 is 0.914 bits per heavy atom. The summed E-state index contributed by atoms with van der Waals surface area (Å²) in [5.41, 5.74) is 3.42. The lowest BCUT2D eigenvalue weighted by atomic mass is 9.95. The summed E-state index contributed by atoms with van der Waals surface area (Å²) in [5.74, 6) is 2.49. The van der Waals surface area contributed by atoms with Crippen molar-refractivity contribution in [2.75, 3.05) is 52.9 Å². The maximum atomic E-state index is 13.1. The molecule has 186 valence electrons. The number of carbonyl (C=O) groups excluding carboxylic acids is 1. The van der Waals surface area contributed by atoms with Gasteiger partial charge in [-0.25, -0.2) is 4.98 Å². The van der Waals surface area contributed by atoms with E-state index in [-0.39, 0.29) is 5.92 Å². The second-order valence-corrected chi connectivity index (χ2v) is 9.76. The number of ether oxygens (including phenoxy) is 1. The second kappa shape index (κ2) is 10.8. The van der Waals surface area contributed by atoms with Crippen LogP contribution < -0.4 is 4.74 Å². The van der Waals surface area contributed by atoms with E-state index in [0.29, 0.717) is 5.91 Å². The Hall–Kier alpha value is -2.90. The maximum Gasteiger partial charge on any atom is 0.225 e. The lowest BCUT2D eigenvalue weighted by Crippen LogP contribution is -2.51. The molecule has 0 atom stereocenters. The maximum absolute atomic E-state index is 13.1. The zero-order valence-corrected chi connectivity index (χ0v) is 21.0. The van der Waals surface area contributed by atoms with E-state index in [1.54, 1.807) is 7.11 Å². The van der Waals surface area contributed by atoms with Gasteiger partial charge in [0.25, 0.3) is 0 Å². The first kappa shape index (κ1) is 23.8. The molecule has 1 amide bonds. The van der Waals surface area contributed by atoms with Crippen LogP contribution in [0.5, 0.6) is 5.75 Å². The van der Waals surface area contributed by atoms with Crippen LogP contribution in [0.1, 0.15) is 31.2 Å². The van der Waals surface area contributed by atoms with Crippen molar-refractivity contribution >= 4 is 16.9 Å². The van der Waals surface area contributed by atoms with Gasteiger partial charge in [0.05, 0.1) is 24.7 Å². The van der Waals surface area contributed by atoms with E-state index in [1.165, 1.54) is 5.56 Å². The average Bonchev–Trinajstić information content (AvgIpc) is 3.25. The van der Waals surface area contributed by atoms with Gasteiger partial charge in [-0.1, -0.05) is 31.2 Å². The van der Waals surface area contributed by atoms with Crippen LogP contribution in [0, 0.1) is 5.92 Å². The number of benzene rings is 2. The van der Waals surface area contributed by atoms with Gasteiger partial charge >= 0.3 is 0 Å². The van der Waals surface area contributed by atoms with Crippen molar-refractivity contribution < 1.29 is 9.53 Å². The predicted octanol–water partition coefficient (Wildman–Crippen LogP) is 3.47. The SMILES string of the molecule is CCN1CCN(C(=O)C2CCN(Cc3nc4ccccc4n3Cc3ccc(OC)cc3)CC2)CC1. The van der Waals surface area contributed by atoms with Crippen molar-refractivity contribution in [3.8, 4) is 5.75 Å². The van der Waals surface area contributed by atoms with Gasteiger partial charge in [-0.15, -0.1) is 0 Å². The van der Waals surface area contributed by atoms with Crippen molar-refractivity contribution in [1.29, 1.82) is 0 Å². The van der Waals surface area contributed by atoms with Gasteiger partial charge in [0.2, 0.25) is 5.91 Å². The van der Waals surface area contributed by atoms with Gasteiger partial charge in [0.1, 0.15) is 11.6 Å². The monoisotopic (exact) mass is 475 g/mol. The first-order valence-electron chi connectivity index (χ1n) is 12.9. The van der Waals surface area contributed by atoms with Gasteiger partial charge in [-0.3, -0.25) is 9.69 Å². The lowest BCUT2D eigenvalue weighted by molar-refractivity contribution is -0.138. The molecular weight excluding hydrogens is 438 g/mol. The number of hydrogen-bond donors (Lipinski definition) is 0. The molecule has 2 aliphatic rings. The van der Waals surface area contributed by atoms with Crippen LogP contribution in [-0.4, -0.2) is 83.1 Å². The fourth-order valence-electron chi connectivity index (χ4n) is 5.42. The van der Waals surface area contributed by atoms with Crippen LogP contribution in [0.4, 0.5) is 0 Å². The number of likely N-dealkylation sites (tertiary alicyclic amines) is 1. The minimum absolute atomic E-state index is 0.164. The van der Waals surface area contributed by atoms with Crippen LogP contribution in [0.3, 0.4) is 0 Å². The topological polar surface area (TPSA) is 53.8 Å². The molecule has 0 aliphatic carbocycles. The largest absolute Gasteiger partial charge is 0.497 e. The Bertz CT molecular complexity index is 1130. The molecule has 2 fully saturated rings. The molecule has 3 aromatic rings. The molecule has 2 aromatic carbocycles. The number of aromatic nitrogens is 2. The number of para-hydroxylation sites is 2. The molecule has 2 aliphatic heterocycles. The third-order valence-corrected chi connectivity index (χ3v) is 7.67. The molecule has 7 heteroatoms. The number of fused-ring (bicyclic) bond motifs is 1. The number of carbonyl (C=O) groups is 1. The van der Waals surface area contributed by atoms with Gasteiger partial charge in [0.15, 0.2) is 0 Å². The van der Waals surface area contributed by atoms with Gasteiger partial charge < -0.3 is 19.1 Å². The van der Waals surface area contributed by atoms with Crippen LogP contribution in [-0.2, 0) is 17.9 Å². The summed E-state index contributed by atoms with van der Waals surface area (Å²) in [6, 6.07) is 16.6. The summed E-state index contributed by atoms with van der Waals surface area (Å²) in [7, 11) is 1.69. The number of methoxy groups -OCH3 is 1. The predicted molar refractivity (Wildman–Crippen MR) is 139 cm³/mol. The van der Waals surface area contributed by atoms with E-state index in [0.717, 1.165) is 94.4 Å². The number of amides is 1. The highest BCUT2D eigenvalue weighted by Gasteiger charge is 2.30. The van der Waals surface area contributed by atoms with Crippen molar-refractivity contribution in [2.45, 2.75) is 32.9 Å². The summed E-state index contributed by atoms with van der Waals surface area (Å²) >= 11 is 0. The first-order valence-corrected chi connectivity index (χ1v) is 12.9. The van der Waals surface area contributed by atoms with E-state index >= 15 is 0 Å². The summed E-state index contributed by atoms with van der Waals surface area (Å²) < 4.78 is 7.65. The van der Waals surface area contributed by atoms with Gasteiger partial charge in [-0.2, -0.15) is 0 Å². The summed E-state index contributed by atoms with van der Waals surface area (Å²) in [4.78, 5) is 25.1. The Labute approximate surface area is 208 Å². The standard InChI is InChI=1S/C28H37N5O2/c1-3-30-16-18-32(19-17-30)28(34)23-12-14-31(15-13-23)21-27-29-25-6-4-5-7-26(25)33(27)20-22-8-10-24(35-2)11-9-22/h4-11,23H,3,12-21H2,1-2H3. The Morgan fingerprint density at radius 3 is 2.31 bits per heavy atom. The van der Waals surface area contributed by atoms with Crippen molar-refractivity contribution in [3.63, 3.8) is 0 Å². The molecule has 0 saturated carbocycles. The third-order valence-electron chi connectivity index (χ3n) is 7.67. The summed E-state index contributed by atoms with van der Waals surface area (Å²) in [6.45, 7) is 10.5. The van der Waals surface area contributed by atoms with Crippen molar-refractivity contribution in [1.82, 2.24) is 24.3 Å². The summed E-state index contributed by atoms with van der Waals surface area (Å²) in [5, 5.41) is 0. The van der Waals surface area contributed by atoms with Crippen LogP contribution >= 0.6 is 0 Å². The second-order valence-electron chi connectivity index (χ2n) is 9.76. The molecule has 5 rings (SSSR count). The molecule has 0 N–H and O–H groups in total. The summed E-state index contributed by atoms with van der Waals surface area (Å²) in [6.07, 6.45) is 1.87. The Kier molecular flexibility index (Phi) is 7.35. The number of piperidine rings is 1. The molecule has 2 saturated heterocycles. The molecule has 1 aromatic heterocycles. The molecule has 0 spiro atoms. The number of hydrogen-bond acceptors (Lipinski definition) is 5. The smallest absolute Gasteiger partial charge is 0.225 e. The van der Waals surface area contributed by atoms with Crippen LogP contribution in [0.15, 0.2) is 48.5 Å². The first-order chi connectivity index (χ1) is 17.1. The number of rotatable bonds is 7. The van der Waals surface area contributed by atoms with Crippen molar-refractivity contribution in [2.24, 2.45) is 5.92 Å². The molecule has 3 heterocycles. The minimum Gasteiger partial charge on any atom is -0.497 e. The normalized spacial score (nSPS) is 18.3. The van der Waals surface area contributed by atoms with Gasteiger partial charge in [0, 0.05) is 38.6 Å². The Balaban J connectivity index is 1.24. The zero-order valence-electron chi connectivity index (χ0n) is 21.0. The fourth-order valence-corrected chi connectivity index (χ4v) is 5.42. The quantitative estimate of drug-likeness (QED) is 0.524. The fraction of sp³-hybridized carbons (Fsp3) is 0.500. The van der Waals surface area contributed by atoms with E-state index in [2.05, 4.69) is 56.5 Å². The number of likely N-dealkylation sites (N-methyl/N-ethyl adjacent to an activating group) is 1. The van der Waals surface area contributed by atoms with Gasteiger partial charge in [-0.05, 0) is 62.3 Å².